The topological polar surface area (TPSA) is 38.3 Å². The lowest BCUT2D eigenvalue weighted by Crippen LogP contribution is -2.18. The Morgan fingerprint density at radius 2 is 1.81 bits per heavy atom. The van der Waals surface area contributed by atoms with Gasteiger partial charge in [-0.25, -0.2) is 0 Å². The van der Waals surface area contributed by atoms with Gasteiger partial charge in [0.1, 0.15) is 10.1 Å². The molecular formula is C18H12F3NO2S2. The first kappa shape index (κ1) is 18.5. The lowest BCUT2D eigenvalue weighted by Gasteiger charge is -2.14. The summed E-state index contributed by atoms with van der Waals surface area (Å²) in [4.78, 5) is 12.5. The zero-order chi connectivity index (χ0) is 18.9. The summed E-state index contributed by atoms with van der Waals surface area (Å²) >= 11 is 6.05. The molecule has 3 nitrogen and oxygen atoms in total. The summed E-state index contributed by atoms with van der Waals surface area (Å²) in [6.45, 7) is 0. The number of ether oxygens (including phenoxy) is 1. The van der Waals surface area contributed by atoms with Crippen molar-refractivity contribution in [3.05, 3.63) is 70.1 Å². The smallest absolute Gasteiger partial charge is 0.416 e. The van der Waals surface area contributed by atoms with Crippen LogP contribution in [0.15, 0.2) is 53.4 Å². The molecule has 0 unspecified atom stereocenters. The second-order valence-electron chi connectivity index (χ2n) is 5.35. The molecule has 1 saturated heterocycles. The number of carbonyl (C=O) groups excluding carboxylic acids is 1. The van der Waals surface area contributed by atoms with Crippen LogP contribution >= 0.6 is 24.0 Å². The van der Waals surface area contributed by atoms with Crippen LogP contribution in [0.4, 0.5) is 13.2 Å². The highest BCUT2D eigenvalue weighted by Crippen LogP contribution is 2.38. The lowest BCUT2D eigenvalue weighted by molar-refractivity contribution is -0.137. The number of hydrogen-bond acceptors (Lipinski definition) is 4. The number of amides is 1. The molecule has 0 aliphatic carbocycles. The minimum Gasteiger partial charge on any atom is -0.497 e. The molecule has 0 atom stereocenters. The van der Waals surface area contributed by atoms with E-state index in [-0.39, 0.29) is 14.8 Å². The van der Waals surface area contributed by atoms with Crippen molar-refractivity contribution in [2.75, 3.05) is 7.11 Å². The van der Waals surface area contributed by atoms with Crippen LogP contribution in [0.1, 0.15) is 16.7 Å². The van der Waals surface area contributed by atoms with Gasteiger partial charge in [-0.1, -0.05) is 48.2 Å². The van der Waals surface area contributed by atoms with Crippen LogP contribution in [0.5, 0.6) is 5.75 Å². The van der Waals surface area contributed by atoms with Gasteiger partial charge in [-0.3, -0.25) is 4.79 Å². The molecule has 0 bridgehead atoms. The van der Waals surface area contributed by atoms with E-state index in [0.29, 0.717) is 16.9 Å². The van der Waals surface area contributed by atoms with Crippen LogP contribution in [0.3, 0.4) is 0 Å². The van der Waals surface area contributed by atoms with Gasteiger partial charge in [0, 0.05) is 5.57 Å². The molecule has 1 aliphatic rings. The van der Waals surface area contributed by atoms with Crippen molar-refractivity contribution in [1.29, 1.82) is 0 Å². The number of halogens is 3. The van der Waals surface area contributed by atoms with Gasteiger partial charge in [-0.15, -0.1) is 0 Å². The van der Waals surface area contributed by atoms with Crippen LogP contribution in [0.25, 0.3) is 5.57 Å². The fourth-order valence-electron chi connectivity index (χ4n) is 2.52. The van der Waals surface area contributed by atoms with Gasteiger partial charge in [0.05, 0.1) is 17.6 Å². The van der Waals surface area contributed by atoms with E-state index in [2.05, 4.69) is 5.32 Å². The minimum atomic E-state index is -4.48. The molecule has 1 fully saturated rings. The van der Waals surface area contributed by atoms with Crippen LogP contribution in [0.2, 0.25) is 0 Å². The first-order chi connectivity index (χ1) is 12.3. The average Bonchev–Trinajstić information content (AvgIpc) is 2.93. The number of thioether (sulfide) groups is 1. The Bertz CT molecular complexity index is 905. The highest BCUT2D eigenvalue weighted by Gasteiger charge is 2.32. The SMILES string of the molecule is COc1ccc(C(=C2SC(=S)NC2=O)c2cccc(C(F)(F)F)c2)cc1. The summed E-state index contributed by atoms with van der Waals surface area (Å²) in [7, 11) is 1.51. The second kappa shape index (κ2) is 7.13. The van der Waals surface area contributed by atoms with Crippen LogP contribution in [-0.2, 0) is 11.0 Å². The van der Waals surface area contributed by atoms with E-state index >= 15 is 0 Å². The quantitative estimate of drug-likeness (QED) is 0.608. The van der Waals surface area contributed by atoms with Gasteiger partial charge in [0.2, 0.25) is 0 Å². The number of rotatable bonds is 3. The van der Waals surface area contributed by atoms with E-state index in [1.807, 2.05) is 0 Å². The van der Waals surface area contributed by atoms with Gasteiger partial charge < -0.3 is 10.1 Å². The van der Waals surface area contributed by atoms with Crippen molar-refractivity contribution in [2.45, 2.75) is 6.18 Å². The third-order valence-corrected chi connectivity index (χ3v) is 4.93. The Balaban J connectivity index is 2.20. The molecular weight excluding hydrogens is 383 g/mol. The third kappa shape index (κ3) is 3.76. The first-order valence-electron chi connectivity index (χ1n) is 7.39. The maximum Gasteiger partial charge on any atom is 0.416 e. The third-order valence-electron chi connectivity index (χ3n) is 3.70. The number of hydrogen-bond donors (Lipinski definition) is 1. The molecule has 134 valence electrons. The Labute approximate surface area is 157 Å². The molecule has 0 aromatic heterocycles. The molecule has 8 heteroatoms. The fourth-order valence-corrected chi connectivity index (χ4v) is 3.67. The van der Waals surface area contributed by atoms with E-state index < -0.39 is 17.6 Å². The van der Waals surface area contributed by atoms with E-state index in [0.717, 1.165) is 23.9 Å². The van der Waals surface area contributed by atoms with Crippen molar-refractivity contribution < 1.29 is 22.7 Å². The Morgan fingerprint density at radius 3 is 2.35 bits per heavy atom. The monoisotopic (exact) mass is 395 g/mol. The molecule has 1 N–H and O–H groups in total. The standard InChI is InChI=1S/C18H12F3NO2S2/c1-24-13-7-5-10(6-8-13)14(15-16(23)22-17(25)26-15)11-3-2-4-12(9-11)18(19,20)21/h2-9H,1H3,(H,22,23,25). The van der Waals surface area contributed by atoms with Gasteiger partial charge in [-0.05, 0) is 35.4 Å². The Kier molecular flexibility index (Phi) is 5.06. The predicted octanol–water partition coefficient (Wildman–Crippen LogP) is 4.62. The average molecular weight is 395 g/mol. The molecule has 1 aliphatic heterocycles. The van der Waals surface area contributed by atoms with E-state index in [1.54, 1.807) is 24.3 Å². The molecule has 2 aromatic carbocycles. The number of nitrogens with one attached hydrogen (secondary N) is 1. The van der Waals surface area contributed by atoms with Gasteiger partial charge in [-0.2, -0.15) is 13.2 Å². The minimum absolute atomic E-state index is 0.263. The summed E-state index contributed by atoms with van der Waals surface area (Å²) < 4.78 is 44.7. The van der Waals surface area contributed by atoms with Gasteiger partial charge in [0.15, 0.2) is 0 Å². The normalized spacial score (nSPS) is 16.5. The number of thiocarbonyl (C=S) groups is 1. The maximum atomic E-state index is 13.1. The summed E-state index contributed by atoms with van der Waals surface area (Å²) in [5, 5.41) is 2.50. The van der Waals surface area contributed by atoms with Crippen molar-refractivity contribution >= 4 is 39.8 Å². The zero-order valence-electron chi connectivity index (χ0n) is 13.4. The largest absolute Gasteiger partial charge is 0.497 e. The van der Waals surface area contributed by atoms with Crippen LogP contribution < -0.4 is 10.1 Å². The molecule has 3 rings (SSSR count). The van der Waals surface area contributed by atoms with Crippen molar-refractivity contribution in [3.8, 4) is 5.75 Å². The van der Waals surface area contributed by atoms with E-state index in [4.69, 9.17) is 17.0 Å². The van der Waals surface area contributed by atoms with E-state index in [1.165, 1.54) is 19.2 Å². The molecule has 2 aromatic rings. The van der Waals surface area contributed by atoms with E-state index in [9.17, 15) is 18.0 Å². The van der Waals surface area contributed by atoms with Crippen molar-refractivity contribution in [2.24, 2.45) is 0 Å². The fraction of sp³-hybridized carbons (Fsp3) is 0.111. The second-order valence-corrected chi connectivity index (χ2v) is 7.04. The van der Waals surface area contributed by atoms with Crippen LogP contribution in [-0.4, -0.2) is 17.3 Å². The zero-order valence-corrected chi connectivity index (χ0v) is 15.0. The lowest BCUT2D eigenvalue weighted by atomic mass is 9.95. The van der Waals surface area contributed by atoms with Gasteiger partial charge >= 0.3 is 6.18 Å². The summed E-state index contributed by atoms with van der Waals surface area (Å²) in [6, 6.07) is 11.6. The molecule has 0 spiro atoms. The predicted molar refractivity (Wildman–Crippen MR) is 98.8 cm³/mol. The summed E-state index contributed by atoms with van der Waals surface area (Å²) in [5.74, 6) is 0.171. The summed E-state index contributed by atoms with van der Waals surface area (Å²) in [6.07, 6.45) is -4.48. The maximum absolute atomic E-state index is 13.1. The van der Waals surface area contributed by atoms with Gasteiger partial charge in [0.25, 0.3) is 5.91 Å². The molecule has 0 saturated carbocycles. The molecule has 0 radical (unpaired) electrons. The molecule has 26 heavy (non-hydrogen) atoms. The highest BCUT2D eigenvalue weighted by molar-refractivity contribution is 8.26. The Hall–Kier alpha value is -2.32. The number of benzene rings is 2. The summed E-state index contributed by atoms with van der Waals surface area (Å²) in [5.41, 5.74) is 0.480. The van der Waals surface area contributed by atoms with Crippen molar-refractivity contribution in [3.63, 3.8) is 0 Å². The Morgan fingerprint density at radius 1 is 1.12 bits per heavy atom. The highest BCUT2D eigenvalue weighted by atomic mass is 32.2. The number of alkyl halides is 3. The molecule has 1 heterocycles. The number of methoxy groups -OCH3 is 1. The number of carbonyl (C=O) groups is 1. The van der Waals surface area contributed by atoms with Crippen LogP contribution in [0, 0.1) is 0 Å². The first-order valence-corrected chi connectivity index (χ1v) is 8.61. The molecule has 1 amide bonds. The van der Waals surface area contributed by atoms with Crippen molar-refractivity contribution in [1.82, 2.24) is 5.32 Å².